The first-order valence-corrected chi connectivity index (χ1v) is 6.21. The molecular formula is C12H27NO2. The summed E-state index contributed by atoms with van der Waals surface area (Å²) in [6, 6.07) is 0. The Labute approximate surface area is 94.5 Å². The standard InChI is InChI=1S/C12H27NO2/c1-4-13-9-7-6-8-10-15-12(3)11-14-5-2/h12-13H,4-11H2,1-3H3. The van der Waals surface area contributed by atoms with Gasteiger partial charge in [-0.3, -0.25) is 0 Å². The molecule has 3 nitrogen and oxygen atoms in total. The number of nitrogens with one attached hydrogen (secondary N) is 1. The zero-order valence-electron chi connectivity index (χ0n) is 10.6. The normalized spacial score (nSPS) is 13.0. The molecule has 92 valence electrons. The molecule has 1 atom stereocenters. The maximum Gasteiger partial charge on any atom is 0.0780 e. The molecule has 0 aliphatic rings. The van der Waals surface area contributed by atoms with Crippen molar-refractivity contribution in [1.82, 2.24) is 5.32 Å². The van der Waals surface area contributed by atoms with Crippen molar-refractivity contribution in [2.45, 2.75) is 46.1 Å². The van der Waals surface area contributed by atoms with E-state index in [1.54, 1.807) is 0 Å². The maximum atomic E-state index is 5.61. The van der Waals surface area contributed by atoms with E-state index in [4.69, 9.17) is 9.47 Å². The molecule has 0 bridgehead atoms. The van der Waals surface area contributed by atoms with Crippen LogP contribution in [0.5, 0.6) is 0 Å². The van der Waals surface area contributed by atoms with E-state index in [0.717, 1.165) is 32.7 Å². The SMILES string of the molecule is CCNCCCCCOC(C)COCC. The third-order valence-corrected chi connectivity index (χ3v) is 2.21. The Hall–Kier alpha value is -0.120. The number of hydrogen-bond donors (Lipinski definition) is 1. The molecule has 0 aromatic rings. The third-order valence-electron chi connectivity index (χ3n) is 2.21. The van der Waals surface area contributed by atoms with Crippen LogP contribution in [0.15, 0.2) is 0 Å². The molecule has 0 amide bonds. The molecule has 0 heterocycles. The summed E-state index contributed by atoms with van der Waals surface area (Å²) in [7, 11) is 0. The van der Waals surface area contributed by atoms with E-state index < -0.39 is 0 Å². The number of ether oxygens (including phenoxy) is 2. The molecule has 0 fully saturated rings. The van der Waals surface area contributed by atoms with Crippen molar-refractivity contribution in [2.75, 3.05) is 32.9 Å². The van der Waals surface area contributed by atoms with Crippen LogP contribution in [0.4, 0.5) is 0 Å². The van der Waals surface area contributed by atoms with Crippen LogP contribution in [-0.2, 0) is 9.47 Å². The van der Waals surface area contributed by atoms with E-state index in [0.29, 0.717) is 6.61 Å². The van der Waals surface area contributed by atoms with Crippen LogP contribution < -0.4 is 5.32 Å². The topological polar surface area (TPSA) is 30.5 Å². The Kier molecular flexibility index (Phi) is 11.9. The van der Waals surface area contributed by atoms with Gasteiger partial charge in [-0.25, -0.2) is 0 Å². The smallest absolute Gasteiger partial charge is 0.0780 e. The summed E-state index contributed by atoms with van der Waals surface area (Å²) >= 11 is 0. The molecule has 0 saturated carbocycles. The summed E-state index contributed by atoms with van der Waals surface area (Å²) in [5.41, 5.74) is 0. The summed E-state index contributed by atoms with van der Waals surface area (Å²) in [6.07, 6.45) is 3.88. The molecule has 0 spiro atoms. The highest BCUT2D eigenvalue weighted by Crippen LogP contribution is 1.98. The van der Waals surface area contributed by atoms with Crippen LogP contribution in [-0.4, -0.2) is 39.0 Å². The number of unbranched alkanes of at least 4 members (excludes halogenated alkanes) is 2. The Morgan fingerprint density at radius 2 is 1.93 bits per heavy atom. The van der Waals surface area contributed by atoms with Gasteiger partial charge in [-0.2, -0.15) is 0 Å². The van der Waals surface area contributed by atoms with Gasteiger partial charge in [-0.1, -0.05) is 6.92 Å². The molecule has 1 unspecified atom stereocenters. The summed E-state index contributed by atoms with van der Waals surface area (Å²) < 4.78 is 10.9. The molecule has 3 heteroatoms. The lowest BCUT2D eigenvalue weighted by Crippen LogP contribution is -2.17. The molecular weight excluding hydrogens is 190 g/mol. The van der Waals surface area contributed by atoms with Gasteiger partial charge < -0.3 is 14.8 Å². The Morgan fingerprint density at radius 3 is 2.60 bits per heavy atom. The summed E-state index contributed by atoms with van der Waals surface area (Å²) in [6.45, 7) is 10.8. The lowest BCUT2D eigenvalue weighted by atomic mass is 10.2. The van der Waals surface area contributed by atoms with Crippen LogP contribution in [0.1, 0.15) is 40.0 Å². The zero-order valence-corrected chi connectivity index (χ0v) is 10.6. The van der Waals surface area contributed by atoms with Crippen molar-refractivity contribution >= 4 is 0 Å². The van der Waals surface area contributed by atoms with Crippen LogP contribution >= 0.6 is 0 Å². The predicted octanol–water partition coefficient (Wildman–Crippen LogP) is 2.21. The second-order valence-electron chi connectivity index (χ2n) is 3.76. The van der Waals surface area contributed by atoms with Gasteiger partial charge in [-0.05, 0) is 46.2 Å². The summed E-state index contributed by atoms with van der Waals surface area (Å²) in [5.74, 6) is 0. The third kappa shape index (κ3) is 11.8. The largest absolute Gasteiger partial charge is 0.379 e. The first-order chi connectivity index (χ1) is 7.31. The molecule has 0 rings (SSSR count). The van der Waals surface area contributed by atoms with Crippen molar-refractivity contribution in [3.63, 3.8) is 0 Å². The Bertz CT molecular complexity index is 120. The van der Waals surface area contributed by atoms with Crippen molar-refractivity contribution in [3.05, 3.63) is 0 Å². The first kappa shape index (κ1) is 14.9. The van der Waals surface area contributed by atoms with E-state index in [9.17, 15) is 0 Å². The van der Waals surface area contributed by atoms with Gasteiger partial charge in [0.15, 0.2) is 0 Å². The highest BCUT2D eigenvalue weighted by Gasteiger charge is 2.00. The quantitative estimate of drug-likeness (QED) is 0.538. The van der Waals surface area contributed by atoms with E-state index in [2.05, 4.69) is 19.2 Å². The second kappa shape index (κ2) is 12.0. The molecule has 0 aromatic carbocycles. The fourth-order valence-electron chi connectivity index (χ4n) is 1.32. The van der Waals surface area contributed by atoms with Gasteiger partial charge in [0.1, 0.15) is 0 Å². The molecule has 0 aliphatic heterocycles. The van der Waals surface area contributed by atoms with Crippen LogP contribution in [0.3, 0.4) is 0 Å². The van der Waals surface area contributed by atoms with E-state index in [-0.39, 0.29) is 6.10 Å². The van der Waals surface area contributed by atoms with Gasteiger partial charge in [0.2, 0.25) is 0 Å². The van der Waals surface area contributed by atoms with E-state index >= 15 is 0 Å². The fourth-order valence-corrected chi connectivity index (χ4v) is 1.32. The first-order valence-electron chi connectivity index (χ1n) is 6.21. The van der Waals surface area contributed by atoms with Gasteiger partial charge in [0.25, 0.3) is 0 Å². The molecule has 0 aliphatic carbocycles. The summed E-state index contributed by atoms with van der Waals surface area (Å²) in [5, 5.41) is 3.32. The monoisotopic (exact) mass is 217 g/mol. The van der Waals surface area contributed by atoms with Crippen LogP contribution in [0, 0.1) is 0 Å². The van der Waals surface area contributed by atoms with Gasteiger partial charge >= 0.3 is 0 Å². The maximum absolute atomic E-state index is 5.61. The minimum atomic E-state index is 0.235. The molecule has 0 aromatic heterocycles. The van der Waals surface area contributed by atoms with Gasteiger partial charge in [0, 0.05) is 13.2 Å². The Balaban J connectivity index is 3.02. The average molecular weight is 217 g/mol. The molecule has 1 N–H and O–H groups in total. The molecule has 0 radical (unpaired) electrons. The van der Waals surface area contributed by atoms with Crippen molar-refractivity contribution in [3.8, 4) is 0 Å². The number of hydrogen-bond acceptors (Lipinski definition) is 3. The van der Waals surface area contributed by atoms with E-state index in [1.807, 2.05) is 6.92 Å². The Morgan fingerprint density at radius 1 is 1.13 bits per heavy atom. The zero-order chi connectivity index (χ0) is 11.4. The van der Waals surface area contributed by atoms with Crippen molar-refractivity contribution < 1.29 is 9.47 Å². The predicted molar refractivity (Wildman–Crippen MR) is 64.3 cm³/mol. The summed E-state index contributed by atoms with van der Waals surface area (Å²) in [4.78, 5) is 0. The number of rotatable bonds is 11. The minimum absolute atomic E-state index is 0.235. The van der Waals surface area contributed by atoms with Gasteiger partial charge in [-0.15, -0.1) is 0 Å². The lowest BCUT2D eigenvalue weighted by molar-refractivity contribution is -0.00454. The minimum Gasteiger partial charge on any atom is -0.379 e. The van der Waals surface area contributed by atoms with E-state index in [1.165, 1.54) is 12.8 Å². The van der Waals surface area contributed by atoms with Crippen LogP contribution in [0.25, 0.3) is 0 Å². The molecule has 0 saturated heterocycles. The van der Waals surface area contributed by atoms with Crippen molar-refractivity contribution in [1.29, 1.82) is 0 Å². The second-order valence-corrected chi connectivity index (χ2v) is 3.76. The highest BCUT2D eigenvalue weighted by atomic mass is 16.5. The van der Waals surface area contributed by atoms with Gasteiger partial charge in [0.05, 0.1) is 12.7 Å². The fraction of sp³-hybridized carbons (Fsp3) is 1.00. The average Bonchev–Trinajstić information content (AvgIpc) is 2.25. The molecule has 15 heavy (non-hydrogen) atoms. The lowest BCUT2D eigenvalue weighted by Gasteiger charge is -2.12. The van der Waals surface area contributed by atoms with Crippen LogP contribution in [0.2, 0.25) is 0 Å². The van der Waals surface area contributed by atoms with Crippen molar-refractivity contribution in [2.24, 2.45) is 0 Å². The highest BCUT2D eigenvalue weighted by molar-refractivity contribution is 4.49.